The van der Waals surface area contributed by atoms with Crippen molar-refractivity contribution in [2.45, 2.75) is 6.92 Å². The van der Waals surface area contributed by atoms with Gasteiger partial charge < -0.3 is 10.5 Å². The third-order valence-corrected chi connectivity index (χ3v) is 2.46. The molecule has 1 rings (SSSR count). The topological polar surface area (TPSA) is 123 Å². The number of nitrogens with one attached hydrogen (secondary N) is 2. The first kappa shape index (κ1) is 13.0. The zero-order valence-electron chi connectivity index (χ0n) is 9.00. The van der Waals surface area contributed by atoms with Crippen LogP contribution in [-0.2, 0) is 14.9 Å². The number of nitrogen functional groups attached to an aromatic ring is 1. The lowest BCUT2D eigenvalue weighted by atomic mass is 10.4. The maximum Gasteiger partial charge on any atom is 0.422 e. The molecule has 0 aliphatic carbocycles. The largest absolute Gasteiger partial charge is 0.449 e. The lowest BCUT2D eigenvalue weighted by Gasteiger charge is -2.09. The van der Waals surface area contributed by atoms with Gasteiger partial charge in [-0.1, -0.05) is 0 Å². The van der Waals surface area contributed by atoms with E-state index in [1.54, 1.807) is 17.7 Å². The SMILES string of the molecule is CCOC(=O)NS(=O)(=O)Nc1ncccc1N. The Bertz CT molecular complexity index is 502. The number of carbonyl (C=O) groups excluding carboxylic acids is 1. The molecule has 0 aliphatic heterocycles. The maximum atomic E-state index is 11.4. The van der Waals surface area contributed by atoms with Gasteiger partial charge in [-0.15, -0.1) is 0 Å². The molecular formula is C8H12N4O4S. The molecule has 17 heavy (non-hydrogen) atoms. The van der Waals surface area contributed by atoms with Crippen LogP contribution in [0.5, 0.6) is 0 Å². The maximum absolute atomic E-state index is 11.4. The first-order valence-electron chi connectivity index (χ1n) is 4.62. The van der Waals surface area contributed by atoms with E-state index in [1.807, 2.05) is 4.72 Å². The molecule has 94 valence electrons. The summed E-state index contributed by atoms with van der Waals surface area (Å²) < 4.78 is 30.9. The van der Waals surface area contributed by atoms with Gasteiger partial charge in [-0.2, -0.15) is 8.42 Å². The van der Waals surface area contributed by atoms with Crippen molar-refractivity contribution < 1.29 is 17.9 Å². The molecule has 0 fully saturated rings. The molecule has 0 radical (unpaired) electrons. The van der Waals surface area contributed by atoms with Crippen LogP contribution in [0.25, 0.3) is 0 Å². The molecule has 0 spiro atoms. The Balaban J connectivity index is 2.74. The highest BCUT2D eigenvalue weighted by molar-refractivity contribution is 7.91. The molecule has 9 heteroatoms. The molecule has 0 bridgehead atoms. The number of rotatable bonds is 4. The summed E-state index contributed by atoms with van der Waals surface area (Å²) in [6.07, 6.45) is 0.285. The predicted octanol–water partition coefficient (Wildman–Crippen LogP) is 0.0666. The average molecular weight is 260 g/mol. The van der Waals surface area contributed by atoms with E-state index in [0.29, 0.717) is 0 Å². The molecule has 1 heterocycles. The molecule has 0 aliphatic rings. The van der Waals surface area contributed by atoms with Crippen molar-refractivity contribution in [3.8, 4) is 0 Å². The molecule has 4 N–H and O–H groups in total. The molecular weight excluding hydrogens is 248 g/mol. The Labute approximate surface area is 98.4 Å². The van der Waals surface area contributed by atoms with Gasteiger partial charge in [0.2, 0.25) is 0 Å². The quantitative estimate of drug-likeness (QED) is 0.703. The molecule has 1 aromatic heterocycles. The van der Waals surface area contributed by atoms with Crippen molar-refractivity contribution in [2.24, 2.45) is 0 Å². The summed E-state index contributed by atoms with van der Waals surface area (Å²) >= 11 is 0. The molecule has 0 saturated heterocycles. The number of amides is 1. The van der Waals surface area contributed by atoms with Crippen LogP contribution in [0.15, 0.2) is 18.3 Å². The fraction of sp³-hybridized carbons (Fsp3) is 0.250. The number of carbonyl (C=O) groups is 1. The van der Waals surface area contributed by atoms with E-state index in [4.69, 9.17) is 5.73 Å². The van der Waals surface area contributed by atoms with E-state index in [9.17, 15) is 13.2 Å². The van der Waals surface area contributed by atoms with Crippen LogP contribution in [0.4, 0.5) is 16.3 Å². The van der Waals surface area contributed by atoms with E-state index in [0.717, 1.165) is 0 Å². The highest BCUT2D eigenvalue weighted by Gasteiger charge is 2.16. The summed E-state index contributed by atoms with van der Waals surface area (Å²) in [4.78, 5) is 14.6. The van der Waals surface area contributed by atoms with Crippen molar-refractivity contribution in [1.82, 2.24) is 9.71 Å². The Kier molecular flexibility index (Phi) is 4.10. The molecule has 8 nitrogen and oxygen atoms in total. The smallest absolute Gasteiger partial charge is 0.422 e. The Morgan fingerprint density at radius 3 is 2.88 bits per heavy atom. The van der Waals surface area contributed by atoms with Crippen LogP contribution >= 0.6 is 0 Å². The number of anilines is 2. The van der Waals surface area contributed by atoms with Gasteiger partial charge in [0.1, 0.15) is 0 Å². The van der Waals surface area contributed by atoms with Gasteiger partial charge in [0, 0.05) is 6.20 Å². The second-order valence-corrected chi connectivity index (χ2v) is 4.28. The third-order valence-electron chi connectivity index (χ3n) is 1.56. The van der Waals surface area contributed by atoms with Gasteiger partial charge in [0.25, 0.3) is 0 Å². The second-order valence-electron chi connectivity index (χ2n) is 2.87. The first-order valence-corrected chi connectivity index (χ1v) is 6.10. The van der Waals surface area contributed by atoms with Crippen LogP contribution < -0.4 is 15.2 Å². The van der Waals surface area contributed by atoms with Crippen molar-refractivity contribution in [3.63, 3.8) is 0 Å². The lowest BCUT2D eigenvalue weighted by molar-refractivity contribution is 0.159. The van der Waals surface area contributed by atoms with Crippen molar-refractivity contribution in [1.29, 1.82) is 0 Å². The van der Waals surface area contributed by atoms with Gasteiger partial charge in [-0.25, -0.2) is 19.2 Å². The van der Waals surface area contributed by atoms with Crippen LogP contribution in [0, 0.1) is 0 Å². The third kappa shape index (κ3) is 4.15. The number of hydrogen-bond acceptors (Lipinski definition) is 6. The van der Waals surface area contributed by atoms with Crippen LogP contribution in [0.2, 0.25) is 0 Å². The van der Waals surface area contributed by atoms with E-state index < -0.39 is 16.3 Å². The summed E-state index contributed by atoms with van der Waals surface area (Å²) in [6, 6.07) is 3.02. The van der Waals surface area contributed by atoms with Gasteiger partial charge in [-0.3, -0.25) is 0 Å². The van der Waals surface area contributed by atoms with Gasteiger partial charge in [-0.05, 0) is 19.1 Å². The number of nitrogens with zero attached hydrogens (tertiary/aromatic N) is 1. The minimum atomic E-state index is -4.10. The van der Waals surface area contributed by atoms with Gasteiger partial charge in [0.05, 0.1) is 12.3 Å². The number of aromatic nitrogens is 1. The van der Waals surface area contributed by atoms with Crippen LogP contribution in [0.1, 0.15) is 6.92 Å². The number of pyridine rings is 1. The van der Waals surface area contributed by atoms with Gasteiger partial charge in [0.15, 0.2) is 5.82 Å². The lowest BCUT2D eigenvalue weighted by Crippen LogP contribution is -2.36. The van der Waals surface area contributed by atoms with E-state index in [-0.39, 0.29) is 18.1 Å². The first-order chi connectivity index (χ1) is 7.94. The van der Waals surface area contributed by atoms with Gasteiger partial charge >= 0.3 is 16.3 Å². The van der Waals surface area contributed by atoms with Crippen molar-refractivity contribution in [2.75, 3.05) is 17.1 Å². The minimum Gasteiger partial charge on any atom is -0.449 e. The van der Waals surface area contributed by atoms with Crippen LogP contribution in [-0.4, -0.2) is 26.1 Å². The summed E-state index contributed by atoms with van der Waals surface area (Å²) in [5.74, 6) is -0.0655. The minimum absolute atomic E-state index is 0.0626. The van der Waals surface area contributed by atoms with E-state index in [1.165, 1.54) is 12.3 Å². The monoisotopic (exact) mass is 260 g/mol. The fourth-order valence-corrected chi connectivity index (χ4v) is 1.68. The zero-order valence-corrected chi connectivity index (χ0v) is 9.82. The summed E-state index contributed by atoms with van der Waals surface area (Å²) in [7, 11) is -4.10. The highest BCUT2D eigenvalue weighted by Crippen LogP contribution is 2.13. The van der Waals surface area contributed by atoms with Crippen molar-refractivity contribution in [3.05, 3.63) is 18.3 Å². The summed E-state index contributed by atoms with van der Waals surface area (Å²) in [6.45, 7) is 1.61. The predicted molar refractivity (Wildman–Crippen MR) is 61.3 cm³/mol. The summed E-state index contributed by atoms with van der Waals surface area (Å²) in [5.41, 5.74) is 5.62. The zero-order chi connectivity index (χ0) is 12.9. The fourth-order valence-electron chi connectivity index (χ4n) is 0.926. The molecule has 0 aromatic carbocycles. The molecule has 0 unspecified atom stereocenters. The summed E-state index contributed by atoms with van der Waals surface area (Å²) in [5, 5.41) is 0. The Hall–Kier alpha value is -2.03. The second kappa shape index (κ2) is 5.34. The van der Waals surface area contributed by atoms with E-state index in [2.05, 4.69) is 9.72 Å². The number of hydrogen-bond donors (Lipinski definition) is 3. The van der Waals surface area contributed by atoms with Crippen molar-refractivity contribution >= 4 is 27.8 Å². The Morgan fingerprint density at radius 1 is 1.59 bits per heavy atom. The Morgan fingerprint density at radius 2 is 2.29 bits per heavy atom. The van der Waals surface area contributed by atoms with Crippen LogP contribution in [0.3, 0.4) is 0 Å². The normalized spacial score (nSPS) is 10.6. The highest BCUT2D eigenvalue weighted by atomic mass is 32.2. The number of ether oxygens (including phenoxy) is 1. The standard InChI is InChI=1S/C8H12N4O4S/c1-2-16-8(13)12-17(14,15)11-7-6(9)4-3-5-10-7/h3-5H,2,9H2,1H3,(H,10,11)(H,12,13). The molecule has 0 saturated carbocycles. The molecule has 0 atom stereocenters. The van der Waals surface area contributed by atoms with E-state index >= 15 is 0 Å². The average Bonchev–Trinajstić information content (AvgIpc) is 2.20. The molecule has 1 amide bonds. The molecule has 1 aromatic rings. The number of nitrogens with two attached hydrogens (primary N) is 1.